The highest BCUT2D eigenvalue weighted by molar-refractivity contribution is 7.98. The number of amides is 1. The van der Waals surface area contributed by atoms with Gasteiger partial charge in [-0.05, 0) is 24.3 Å². The van der Waals surface area contributed by atoms with Crippen LogP contribution >= 0.6 is 23.1 Å². The van der Waals surface area contributed by atoms with Crippen LogP contribution in [-0.2, 0) is 5.75 Å². The second-order valence-corrected chi connectivity index (χ2v) is 5.86. The van der Waals surface area contributed by atoms with Crippen molar-refractivity contribution in [2.45, 2.75) is 10.6 Å². The van der Waals surface area contributed by atoms with Crippen LogP contribution in [-0.4, -0.2) is 13.0 Å². The minimum absolute atomic E-state index is 0.251. The van der Waals surface area contributed by atoms with Gasteiger partial charge in [0.1, 0.15) is 5.75 Å². The Morgan fingerprint density at radius 3 is 2.89 bits per heavy atom. The predicted molar refractivity (Wildman–Crippen MR) is 78.5 cm³/mol. The van der Waals surface area contributed by atoms with E-state index in [1.165, 1.54) is 11.3 Å². The quantitative estimate of drug-likeness (QED) is 0.385. The highest BCUT2D eigenvalue weighted by Crippen LogP contribution is 2.32. The van der Waals surface area contributed by atoms with Crippen LogP contribution in [0.25, 0.3) is 0 Å². The van der Waals surface area contributed by atoms with Crippen LogP contribution in [0.4, 0.5) is 0 Å². The van der Waals surface area contributed by atoms with Crippen molar-refractivity contribution in [3.63, 3.8) is 0 Å². The molecule has 0 spiro atoms. The minimum Gasteiger partial charge on any atom is -0.496 e. The van der Waals surface area contributed by atoms with Crippen LogP contribution in [0.5, 0.6) is 5.75 Å². The standard InChI is InChI=1S/C13H14N2O2S2/c1-17-10-4-2-3-5-11(10)18-8-9-6-7-12(19-9)13(16)15-14/h2-7H,8,14H2,1H3,(H,15,16). The fraction of sp³-hybridized carbons (Fsp3) is 0.154. The summed E-state index contributed by atoms with van der Waals surface area (Å²) in [6.45, 7) is 0. The minimum atomic E-state index is -0.251. The van der Waals surface area contributed by atoms with E-state index in [4.69, 9.17) is 10.6 Å². The Morgan fingerprint density at radius 2 is 2.16 bits per heavy atom. The van der Waals surface area contributed by atoms with Gasteiger partial charge in [-0.2, -0.15) is 0 Å². The van der Waals surface area contributed by atoms with Crippen molar-refractivity contribution in [3.05, 3.63) is 46.2 Å². The van der Waals surface area contributed by atoms with E-state index in [1.807, 2.05) is 30.3 Å². The van der Waals surface area contributed by atoms with Gasteiger partial charge in [0.2, 0.25) is 0 Å². The lowest BCUT2D eigenvalue weighted by Crippen LogP contribution is -2.29. The predicted octanol–water partition coefficient (Wildman–Crippen LogP) is 2.65. The molecule has 4 nitrogen and oxygen atoms in total. The fourth-order valence-electron chi connectivity index (χ4n) is 1.54. The number of thioether (sulfide) groups is 1. The first-order chi connectivity index (χ1) is 9.24. The zero-order chi connectivity index (χ0) is 13.7. The Balaban J connectivity index is 2.02. The number of benzene rings is 1. The molecule has 2 aromatic rings. The van der Waals surface area contributed by atoms with Gasteiger partial charge in [-0.15, -0.1) is 23.1 Å². The lowest BCUT2D eigenvalue weighted by atomic mass is 10.3. The number of rotatable bonds is 5. The lowest BCUT2D eigenvalue weighted by molar-refractivity contribution is 0.0957. The monoisotopic (exact) mass is 294 g/mol. The van der Waals surface area contributed by atoms with Crippen molar-refractivity contribution < 1.29 is 9.53 Å². The summed E-state index contributed by atoms with van der Waals surface area (Å²) in [5.74, 6) is 6.51. The highest BCUT2D eigenvalue weighted by atomic mass is 32.2. The molecule has 0 aliphatic carbocycles. The largest absolute Gasteiger partial charge is 0.496 e. The molecule has 0 unspecified atom stereocenters. The fourth-order valence-corrected chi connectivity index (χ4v) is 3.52. The zero-order valence-electron chi connectivity index (χ0n) is 10.4. The van der Waals surface area contributed by atoms with Gasteiger partial charge in [-0.25, -0.2) is 5.84 Å². The Morgan fingerprint density at radius 1 is 1.37 bits per heavy atom. The van der Waals surface area contributed by atoms with E-state index >= 15 is 0 Å². The average Bonchev–Trinajstić information content (AvgIpc) is 2.93. The van der Waals surface area contributed by atoms with E-state index in [-0.39, 0.29) is 5.91 Å². The molecule has 1 aromatic carbocycles. The van der Waals surface area contributed by atoms with Crippen LogP contribution in [0.15, 0.2) is 41.3 Å². The molecule has 2 rings (SSSR count). The topological polar surface area (TPSA) is 64.3 Å². The van der Waals surface area contributed by atoms with Crippen LogP contribution < -0.4 is 16.0 Å². The molecule has 6 heteroatoms. The van der Waals surface area contributed by atoms with Crippen LogP contribution in [0.3, 0.4) is 0 Å². The number of thiophene rings is 1. The summed E-state index contributed by atoms with van der Waals surface area (Å²) in [6, 6.07) is 11.6. The zero-order valence-corrected chi connectivity index (χ0v) is 12.0. The number of hydrogen-bond acceptors (Lipinski definition) is 5. The van der Waals surface area contributed by atoms with E-state index in [2.05, 4.69) is 5.43 Å². The van der Waals surface area contributed by atoms with E-state index in [1.54, 1.807) is 24.9 Å². The first kappa shape index (κ1) is 13.9. The maximum Gasteiger partial charge on any atom is 0.275 e. The average molecular weight is 294 g/mol. The Bertz CT molecular complexity index is 569. The first-order valence-electron chi connectivity index (χ1n) is 5.60. The van der Waals surface area contributed by atoms with Crippen molar-refractivity contribution in [2.24, 2.45) is 5.84 Å². The molecule has 19 heavy (non-hydrogen) atoms. The molecule has 1 aromatic heterocycles. The molecular formula is C13H14N2O2S2. The van der Waals surface area contributed by atoms with Crippen LogP contribution in [0.2, 0.25) is 0 Å². The Labute approximate surface area is 119 Å². The number of carbonyl (C=O) groups excluding carboxylic acids is 1. The summed E-state index contributed by atoms with van der Waals surface area (Å²) in [5, 5.41) is 0. The SMILES string of the molecule is COc1ccccc1SCc1ccc(C(=O)NN)s1. The molecule has 3 N–H and O–H groups in total. The maximum absolute atomic E-state index is 11.3. The molecule has 1 heterocycles. The summed E-state index contributed by atoms with van der Waals surface area (Å²) in [6.07, 6.45) is 0. The maximum atomic E-state index is 11.3. The number of ether oxygens (including phenoxy) is 1. The van der Waals surface area contributed by atoms with Gasteiger partial charge in [0.25, 0.3) is 5.91 Å². The number of nitrogens with two attached hydrogens (primary N) is 1. The number of nitrogen functional groups attached to an aromatic ring is 1. The molecule has 0 aliphatic rings. The molecule has 0 radical (unpaired) electrons. The van der Waals surface area contributed by atoms with Crippen LogP contribution in [0, 0.1) is 0 Å². The van der Waals surface area contributed by atoms with Gasteiger partial charge in [-0.1, -0.05) is 12.1 Å². The molecule has 100 valence electrons. The lowest BCUT2D eigenvalue weighted by Gasteiger charge is -2.06. The number of nitrogens with one attached hydrogen (secondary N) is 1. The van der Waals surface area contributed by atoms with Crippen molar-refractivity contribution in [3.8, 4) is 5.75 Å². The Kier molecular flexibility index (Phi) is 4.84. The molecule has 0 aliphatic heterocycles. The molecule has 1 amide bonds. The van der Waals surface area contributed by atoms with Crippen LogP contribution in [0.1, 0.15) is 14.5 Å². The van der Waals surface area contributed by atoms with E-state index in [9.17, 15) is 4.79 Å². The van der Waals surface area contributed by atoms with E-state index in [0.29, 0.717) is 4.88 Å². The van der Waals surface area contributed by atoms with Crippen molar-refractivity contribution in [2.75, 3.05) is 7.11 Å². The Hall–Kier alpha value is -1.50. The first-order valence-corrected chi connectivity index (χ1v) is 7.40. The summed E-state index contributed by atoms with van der Waals surface area (Å²) in [4.78, 5) is 14.2. The van der Waals surface area contributed by atoms with Gasteiger partial charge in [0, 0.05) is 15.5 Å². The third-order valence-electron chi connectivity index (χ3n) is 2.46. The summed E-state index contributed by atoms with van der Waals surface area (Å²) in [5.41, 5.74) is 2.13. The molecule has 0 fully saturated rings. The molecule has 0 atom stereocenters. The molecule has 0 saturated heterocycles. The summed E-state index contributed by atoms with van der Waals surface area (Å²) >= 11 is 3.12. The van der Waals surface area contributed by atoms with E-state index in [0.717, 1.165) is 21.3 Å². The number of para-hydroxylation sites is 1. The number of carbonyl (C=O) groups is 1. The van der Waals surface area contributed by atoms with Gasteiger partial charge >= 0.3 is 0 Å². The molecule has 0 bridgehead atoms. The summed E-state index contributed by atoms with van der Waals surface area (Å²) < 4.78 is 5.30. The van der Waals surface area contributed by atoms with Gasteiger partial charge in [0.15, 0.2) is 0 Å². The number of methoxy groups -OCH3 is 1. The third kappa shape index (κ3) is 3.50. The van der Waals surface area contributed by atoms with Gasteiger partial charge < -0.3 is 4.74 Å². The van der Waals surface area contributed by atoms with E-state index < -0.39 is 0 Å². The number of hydrogen-bond donors (Lipinski definition) is 2. The van der Waals surface area contributed by atoms with Gasteiger partial charge in [-0.3, -0.25) is 10.2 Å². The normalized spacial score (nSPS) is 10.2. The number of hydrazine groups is 1. The highest BCUT2D eigenvalue weighted by Gasteiger charge is 2.08. The van der Waals surface area contributed by atoms with Crippen molar-refractivity contribution in [1.82, 2.24) is 5.43 Å². The smallest absolute Gasteiger partial charge is 0.275 e. The molecule has 0 saturated carbocycles. The van der Waals surface area contributed by atoms with Gasteiger partial charge in [0.05, 0.1) is 12.0 Å². The third-order valence-corrected chi connectivity index (χ3v) is 4.83. The van der Waals surface area contributed by atoms with Crippen molar-refractivity contribution >= 4 is 29.0 Å². The second kappa shape index (κ2) is 6.60. The van der Waals surface area contributed by atoms with Crippen molar-refractivity contribution in [1.29, 1.82) is 0 Å². The second-order valence-electron chi connectivity index (χ2n) is 3.68. The molecular weight excluding hydrogens is 280 g/mol. The summed E-state index contributed by atoms with van der Waals surface area (Å²) in [7, 11) is 1.66.